The van der Waals surface area contributed by atoms with Gasteiger partial charge in [-0.1, -0.05) is 43.8 Å². The van der Waals surface area contributed by atoms with Crippen molar-refractivity contribution in [3.05, 3.63) is 83.4 Å². The number of carboxylic acids is 1. The van der Waals surface area contributed by atoms with E-state index in [9.17, 15) is 24.3 Å². The van der Waals surface area contributed by atoms with E-state index in [1.807, 2.05) is 31.2 Å². The lowest BCUT2D eigenvalue weighted by molar-refractivity contribution is -0.139. The Hall–Kier alpha value is -5.17. The van der Waals surface area contributed by atoms with Crippen LogP contribution in [0.1, 0.15) is 43.0 Å². The van der Waals surface area contributed by atoms with Crippen molar-refractivity contribution < 1.29 is 43.2 Å². The predicted octanol–water partition coefficient (Wildman–Crippen LogP) is 5.18. The number of carboxylic acid groups (broad SMARTS) is 1. The van der Waals surface area contributed by atoms with Gasteiger partial charge in [0.05, 0.1) is 39.6 Å². The number of anilines is 2. The number of hydrogen-bond donors (Lipinski definition) is 4. The molecule has 0 saturated heterocycles. The number of benzene rings is 3. The van der Waals surface area contributed by atoms with Crippen molar-refractivity contribution in [2.45, 2.75) is 39.7 Å². The molecule has 0 spiro atoms. The molecule has 47 heavy (non-hydrogen) atoms. The van der Waals surface area contributed by atoms with Crippen LogP contribution in [0.15, 0.2) is 66.7 Å². The number of aryl methyl sites for hydroxylation is 1. The lowest BCUT2D eigenvalue weighted by Crippen LogP contribution is -2.43. The molecule has 3 rings (SSSR count). The van der Waals surface area contributed by atoms with Gasteiger partial charge in [0.1, 0.15) is 0 Å². The molecule has 0 heterocycles. The van der Waals surface area contributed by atoms with E-state index in [-0.39, 0.29) is 44.0 Å². The number of urea groups is 1. The highest BCUT2D eigenvalue weighted by Crippen LogP contribution is 2.31. The third-order valence-electron chi connectivity index (χ3n) is 6.95. The Kier molecular flexibility index (Phi) is 17.0. The lowest BCUT2D eigenvalue weighted by Gasteiger charge is -2.25. The second kappa shape index (κ2) is 20.1. The van der Waals surface area contributed by atoms with E-state index in [2.05, 4.69) is 16.0 Å². The molecule has 0 saturated carbocycles. The normalized spacial score (nSPS) is 10.7. The first kappa shape index (κ1) is 39.9. The molecule has 0 aliphatic carbocycles. The Bertz CT molecular complexity index is 1470. The number of amides is 4. The maximum atomic E-state index is 13.3. The molecule has 4 N–H and O–H groups in total. The van der Waals surface area contributed by atoms with Crippen molar-refractivity contribution in [2.24, 2.45) is 0 Å². The zero-order valence-electron chi connectivity index (χ0n) is 26.3. The fourth-order valence-corrected chi connectivity index (χ4v) is 4.59. The van der Waals surface area contributed by atoms with Crippen molar-refractivity contribution in [2.75, 3.05) is 51.7 Å². The summed E-state index contributed by atoms with van der Waals surface area (Å²) in [5, 5.41) is 17.8. The number of aliphatic carboxylic acids is 1. The van der Waals surface area contributed by atoms with Gasteiger partial charge in [0.15, 0.2) is 11.5 Å². The van der Waals surface area contributed by atoms with Gasteiger partial charge >= 0.3 is 12.0 Å². The van der Waals surface area contributed by atoms with E-state index < -0.39 is 23.9 Å². The summed E-state index contributed by atoms with van der Waals surface area (Å²) in [4.78, 5) is 51.9. The average molecular weight is 657 g/mol. The summed E-state index contributed by atoms with van der Waals surface area (Å²) in [6.07, 6.45) is 0.148. The molecule has 0 aliphatic rings. The predicted molar refractivity (Wildman–Crippen MR) is 179 cm³/mol. The molecule has 0 radical (unpaired) electrons. The van der Waals surface area contributed by atoms with E-state index in [4.69, 9.17) is 14.2 Å². The van der Waals surface area contributed by atoms with E-state index >= 15 is 0 Å². The van der Waals surface area contributed by atoms with E-state index in [0.717, 1.165) is 5.56 Å². The first-order valence-electron chi connectivity index (χ1n) is 14.4. The molecule has 256 valence electrons. The SMILES string of the molecule is C.COCCCN(CC(=O)N[C@@H](CC(=O)O)c1ccc(OC)c(OC)c1)C(=O)Cc1ccc(NC(=O)Nc2ccccc2C)cc1.F. The van der Waals surface area contributed by atoms with Crippen molar-refractivity contribution in [1.29, 1.82) is 0 Å². The molecule has 4 amide bonds. The fourth-order valence-electron chi connectivity index (χ4n) is 4.59. The van der Waals surface area contributed by atoms with Crippen LogP contribution in [0.4, 0.5) is 20.9 Å². The van der Waals surface area contributed by atoms with Gasteiger partial charge in [-0.3, -0.25) is 19.1 Å². The summed E-state index contributed by atoms with van der Waals surface area (Å²) in [5.74, 6) is -1.05. The maximum Gasteiger partial charge on any atom is 0.323 e. The second-order valence-corrected chi connectivity index (χ2v) is 10.3. The van der Waals surface area contributed by atoms with Crippen LogP contribution in [0.5, 0.6) is 11.5 Å². The van der Waals surface area contributed by atoms with Crippen molar-refractivity contribution >= 4 is 35.2 Å². The standard InChI is InChI=1S/C33H40N4O8.CH4.FH/c1-22-8-5-6-9-26(22)36-33(42)34-25-13-10-23(11-14-25)18-31(39)37(16-7-17-43-2)21-30(38)35-27(20-32(40)41)24-12-15-28(44-3)29(19-24)45-4;;/h5-6,8-15,19,27H,7,16-18,20-21H2,1-4H3,(H,35,38)(H,40,41)(H2,34,36,42);1H4;1H/t27-;;/m0../s1. The summed E-state index contributed by atoms with van der Waals surface area (Å²) in [7, 11) is 4.50. The topological polar surface area (TPSA) is 156 Å². The highest BCUT2D eigenvalue weighted by molar-refractivity contribution is 6.00. The van der Waals surface area contributed by atoms with Crippen molar-refractivity contribution in [1.82, 2.24) is 10.2 Å². The van der Waals surface area contributed by atoms with Gasteiger partial charge in [-0.15, -0.1) is 0 Å². The van der Waals surface area contributed by atoms with Gasteiger partial charge in [0.25, 0.3) is 0 Å². The smallest absolute Gasteiger partial charge is 0.323 e. The highest BCUT2D eigenvalue weighted by Gasteiger charge is 2.23. The van der Waals surface area contributed by atoms with Crippen LogP contribution in [0.3, 0.4) is 0 Å². The number of carbonyl (C=O) groups is 4. The molecule has 0 bridgehead atoms. The minimum atomic E-state index is -1.10. The lowest BCUT2D eigenvalue weighted by atomic mass is 10.0. The zero-order valence-corrected chi connectivity index (χ0v) is 26.3. The Balaban J connectivity index is 0.00000552. The minimum absolute atomic E-state index is 0. The van der Waals surface area contributed by atoms with Crippen molar-refractivity contribution in [3.8, 4) is 11.5 Å². The first-order chi connectivity index (χ1) is 21.6. The summed E-state index contributed by atoms with van der Waals surface area (Å²) >= 11 is 0. The quantitative estimate of drug-likeness (QED) is 0.154. The van der Waals surface area contributed by atoms with E-state index in [1.165, 1.54) is 19.1 Å². The monoisotopic (exact) mass is 656 g/mol. The highest BCUT2D eigenvalue weighted by atomic mass is 19.0. The molecule has 0 unspecified atom stereocenters. The van der Waals surface area contributed by atoms with E-state index in [0.29, 0.717) is 47.0 Å². The number of hydrogen-bond acceptors (Lipinski definition) is 7. The van der Waals surface area contributed by atoms with Gasteiger partial charge in [-0.05, 0) is 60.4 Å². The number of nitrogens with one attached hydrogen (secondary N) is 3. The van der Waals surface area contributed by atoms with Crippen LogP contribution in [-0.4, -0.2) is 74.8 Å². The number of ether oxygens (including phenoxy) is 3. The van der Waals surface area contributed by atoms with Gasteiger partial charge in [0, 0.05) is 31.6 Å². The Morgan fingerprint density at radius 2 is 1.57 bits per heavy atom. The molecular formula is C34H45FN4O8. The molecule has 13 heteroatoms. The van der Waals surface area contributed by atoms with Gasteiger partial charge < -0.3 is 40.2 Å². The van der Waals surface area contributed by atoms with Crippen LogP contribution >= 0.6 is 0 Å². The molecular weight excluding hydrogens is 611 g/mol. The maximum absolute atomic E-state index is 13.3. The number of para-hydroxylation sites is 1. The first-order valence-corrected chi connectivity index (χ1v) is 14.4. The molecule has 12 nitrogen and oxygen atoms in total. The number of carbonyl (C=O) groups excluding carboxylic acids is 3. The number of methoxy groups -OCH3 is 3. The van der Waals surface area contributed by atoms with Crippen LogP contribution in [0, 0.1) is 6.92 Å². The van der Waals surface area contributed by atoms with Crippen LogP contribution in [0.25, 0.3) is 0 Å². The number of halogens is 1. The third-order valence-corrected chi connectivity index (χ3v) is 6.95. The van der Waals surface area contributed by atoms with Crippen LogP contribution in [-0.2, 0) is 25.5 Å². The Labute approximate surface area is 274 Å². The zero-order chi connectivity index (χ0) is 32.8. The summed E-state index contributed by atoms with van der Waals surface area (Å²) in [5.41, 5.74) is 3.39. The number of nitrogens with zero attached hydrogens (tertiary/aromatic N) is 1. The second-order valence-electron chi connectivity index (χ2n) is 10.3. The van der Waals surface area contributed by atoms with Gasteiger partial charge in [0.2, 0.25) is 11.8 Å². The minimum Gasteiger partial charge on any atom is -0.493 e. The molecule has 3 aromatic rings. The molecule has 3 aromatic carbocycles. The molecule has 0 fully saturated rings. The summed E-state index contributed by atoms with van der Waals surface area (Å²) < 4.78 is 15.7. The average Bonchev–Trinajstić information content (AvgIpc) is 3.01. The molecule has 0 aromatic heterocycles. The van der Waals surface area contributed by atoms with Crippen LogP contribution < -0.4 is 25.4 Å². The summed E-state index contributed by atoms with van der Waals surface area (Å²) in [6, 6.07) is 17.9. The molecule has 1 atom stereocenters. The summed E-state index contributed by atoms with van der Waals surface area (Å²) in [6.45, 7) is 2.28. The van der Waals surface area contributed by atoms with Gasteiger partial charge in [-0.25, -0.2) is 4.79 Å². The third kappa shape index (κ3) is 12.6. The molecule has 0 aliphatic heterocycles. The van der Waals surface area contributed by atoms with Gasteiger partial charge in [-0.2, -0.15) is 0 Å². The fraction of sp³-hybridized carbons (Fsp3) is 0.353. The Morgan fingerprint density at radius 1 is 0.894 bits per heavy atom. The van der Waals surface area contributed by atoms with Crippen molar-refractivity contribution in [3.63, 3.8) is 0 Å². The van der Waals surface area contributed by atoms with E-state index in [1.54, 1.807) is 49.6 Å². The Morgan fingerprint density at radius 3 is 2.19 bits per heavy atom. The largest absolute Gasteiger partial charge is 0.493 e. The van der Waals surface area contributed by atoms with Crippen LogP contribution in [0.2, 0.25) is 0 Å². The number of rotatable bonds is 16.